The van der Waals surface area contributed by atoms with Crippen molar-refractivity contribution < 1.29 is 8.42 Å². The lowest BCUT2D eigenvalue weighted by Crippen LogP contribution is -2.44. The first-order chi connectivity index (χ1) is 9.09. The molecule has 1 fully saturated rings. The Balaban J connectivity index is 1.90. The van der Waals surface area contributed by atoms with E-state index in [1.54, 1.807) is 4.31 Å². The monoisotopic (exact) mass is 346 g/mol. The minimum absolute atomic E-state index is 0.00624. The van der Waals surface area contributed by atoms with Crippen LogP contribution < -0.4 is 4.72 Å². The first-order valence-electron chi connectivity index (χ1n) is 6.53. The first kappa shape index (κ1) is 15.0. The Kier molecular flexibility index (Phi) is 5.38. The zero-order valence-corrected chi connectivity index (χ0v) is 13.2. The minimum atomic E-state index is -3.33. The summed E-state index contributed by atoms with van der Waals surface area (Å²) in [5, 5.41) is 0. The second-order valence-electron chi connectivity index (χ2n) is 4.69. The van der Waals surface area contributed by atoms with E-state index in [2.05, 4.69) is 20.7 Å². The molecule has 0 spiro atoms. The maximum atomic E-state index is 12.1. The number of hydrogen-bond donors (Lipinski definition) is 1. The van der Waals surface area contributed by atoms with Crippen LogP contribution in [0.3, 0.4) is 0 Å². The van der Waals surface area contributed by atoms with Gasteiger partial charge in [0.2, 0.25) is 0 Å². The molecule has 1 unspecified atom stereocenters. The van der Waals surface area contributed by atoms with Gasteiger partial charge in [-0.05, 0) is 18.4 Å². The van der Waals surface area contributed by atoms with Crippen molar-refractivity contribution in [1.82, 2.24) is 9.03 Å². The molecule has 0 bridgehead atoms. The molecule has 1 aliphatic rings. The van der Waals surface area contributed by atoms with Gasteiger partial charge < -0.3 is 0 Å². The number of alkyl halides is 1. The highest BCUT2D eigenvalue weighted by Crippen LogP contribution is 2.22. The Morgan fingerprint density at radius 1 is 1.16 bits per heavy atom. The van der Waals surface area contributed by atoms with E-state index in [4.69, 9.17) is 0 Å². The Hall–Kier alpha value is -0.430. The number of piperidine rings is 1. The van der Waals surface area contributed by atoms with E-state index in [1.807, 2.05) is 30.3 Å². The number of nitrogens with zero attached hydrogens (tertiary/aromatic N) is 1. The molecule has 1 aromatic rings. The molecular weight excluding hydrogens is 328 g/mol. The van der Waals surface area contributed by atoms with Gasteiger partial charge in [0.1, 0.15) is 0 Å². The third-order valence-corrected chi connectivity index (χ3v) is 5.69. The quantitative estimate of drug-likeness (QED) is 0.832. The third-order valence-electron chi connectivity index (χ3n) is 3.26. The molecule has 4 nitrogen and oxygen atoms in total. The fourth-order valence-corrected chi connectivity index (χ4v) is 4.13. The van der Waals surface area contributed by atoms with Gasteiger partial charge in [-0.15, -0.1) is 0 Å². The second-order valence-corrected chi connectivity index (χ2v) is 7.55. The fraction of sp³-hybridized carbons (Fsp3) is 0.538. The van der Waals surface area contributed by atoms with Gasteiger partial charge >= 0.3 is 0 Å². The highest BCUT2D eigenvalue weighted by Gasteiger charge is 2.24. The summed E-state index contributed by atoms with van der Waals surface area (Å²) < 4.78 is 28.5. The molecule has 1 saturated heterocycles. The maximum Gasteiger partial charge on any atom is 0.279 e. The average Bonchev–Trinajstić information content (AvgIpc) is 2.47. The summed E-state index contributed by atoms with van der Waals surface area (Å²) in [5.41, 5.74) is 1.07. The summed E-state index contributed by atoms with van der Waals surface area (Å²) in [7, 11) is -3.33. The van der Waals surface area contributed by atoms with Crippen molar-refractivity contribution in [3.8, 4) is 0 Å². The summed E-state index contributed by atoms with van der Waals surface area (Å²) >= 11 is 3.52. The molecule has 1 heterocycles. The highest BCUT2D eigenvalue weighted by molar-refractivity contribution is 9.09. The van der Waals surface area contributed by atoms with Crippen LogP contribution in [0, 0.1) is 0 Å². The van der Waals surface area contributed by atoms with Gasteiger partial charge in [0, 0.05) is 19.6 Å². The minimum Gasteiger partial charge on any atom is -0.201 e. The highest BCUT2D eigenvalue weighted by atomic mass is 79.9. The van der Waals surface area contributed by atoms with Crippen LogP contribution in [0.5, 0.6) is 0 Å². The van der Waals surface area contributed by atoms with E-state index in [0.29, 0.717) is 19.6 Å². The predicted octanol–water partition coefficient (Wildman–Crippen LogP) is 2.44. The largest absolute Gasteiger partial charge is 0.279 e. The topological polar surface area (TPSA) is 49.4 Å². The molecular formula is C13H19BrN2O2S. The van der Waals surface area contributed by atoms with Crippen molar-refractivity contribution in [2.45, 2.75) is 24.1 Å². The molecule has 1 N–H and O–H groups in total. The maximum absolute atomic E-state index is 12.1. The molecule has 6 heteroatoms. The third kappa shape index (κ3) is 4.27. The summed E-state index contributed by atoms with van der Waals surface area (Å²) in [6.45, 7) is 1.63. The van der Waals surface area contributed by atoms with Gasteiger partial charge in [-0.3, -0.25) is 0 Å². The molecule has 1 aromatic carbocycles. The van der Waals surface area contributed by atoms with Gasteiger partial charge in [-0.1, -0.05) is 52.7 Å². The van der Waals surface area contributed by atoms with Crippen molar-refractivity contribution in [1.29, 1.82) is 0 Å². The van der Waals surface area contributed by atoms with Crippen molar-refractivity contribution in [2.24, 2.45) is 0 Å². The Labute approximate surface area is 123 Å². The summed E-state index contributed by atoms with van der Waals surface area (Å²) in [4.78, 5) is -0.00624. The Bertz CT molecular complexity index is 487. The number of rotatable bonds is 5. The van der Waals surface area contributed by atoms with Crippen molar-refractivity contribution >= 4 is 26.1 Å². The number of halogens is 1. The van der Waals surface area contributed by atoms with E-state index in [-0.39, 0.29) is 4.83 Å². The van der Waals surface area contributed by atoms with Crippen LogP contribution in [0.2, 0.25) is 0 Å². The molecule has 2 rings (SSSR count). The van der Waals surface area contributed by atoms with Gasteiger partial charge in [0.15, 0.2) is 0 Å². The van der Waals surface area contributed by atoms with E-state index in [1.165, 1.54) is 0 Å². The van der Waals surface area contributed by atoms with E-state index >= 15 is 0 Å². The van der Waals surface area contributed by atoms with Gasteiger partial charge in [-0.25, -0.2) is 4.72 Å². The molecule has 1 atom stereocenters. The zero-order valence-electron chi connectivity index (χ0n) is 10.8. The molecule has 106 valence electrons. The Morgan fingerprint density at radius 2 is 1.79 bits per heavy atom. The molecule has 0 aliphatic carbocycles. The molecule has 19 heavy (non-hydrogen) atoms. The van der Waals surface area contributed by atoms with Crippen LogP contribution in [0.15, 0.2) is 30.3 Å². The zero-order chi connectivity index (χ0) is 13.7. The molecule has 0 aromatic heterocycles. The summed E-state index contributed by atoms with van der Waals surface area (Å²) in [6.07, 6.45) is 3.03. The van der Waals surface area contributed by atoms with E-state index in [9.17, 15) is 8.42 Å². The molecule has 1 aliphatic heterocycles. The van der Waals surface area contributed by atoms with Crippen molar-refractivity contribution in [3.05, 3.63) is 35.9 Å². The van der Waals surface area contributed by atoms with Crippen molar-refractivity contribution in [2.75, 3.05) is 19.6 Å². The number of benzene rings is 1. The lowest BCUT2D eigenvalue weighted by molar-refractivity contribution is 0.342. The van der Waals surface area contributed by atoms with E-state index in [0.717, 1.165) is 24.8 Å². The second kappa shape index (κ2) is 6.83. The van der Waals surface area contributed by atoms with Crippen molar-refractivity contribution in [3.63, 3.8) is 0 Å². The normalized spacial score (nSPS) is 19.2. The standard InChI is InChI=1S/C13H19BrN2O2S/c14-13(12-7-3-1-4-8-12)11-15-19(17,18)16-9-5-2-6-10-16/h1,3-4,7-8,13,15H,2,5-6,9-11H2. The molecule has 0 radical (unpaired) electrons. The number of hydrogen-bond acceptors (Lipinski definition) is 2. The fourth-order valence-electron chi connectivity index (χ4n) is 2.15. The summed E-state index contributed by atoms with van der Waals surface area (Å²) in [5.74, 6) is 0. The smallest absolute Gasteiger partial charge is 0.201 e. The van der Waals surface area contributed by atoms with Crippen LogP contribution in [0.25, 0.3) is 0 Å². The van der Waals surface area contributed by atoms with Gasteiger partial charge in [0.05, 0.1) is 4.83 Å². The lowest BCUT2D eigenvalue weighted by Gasteiger charge is -2.26. The van der Waals surface area contributed by atoms with Gasteiger partial charge in [0.25, 0.3) is 10.2 Å². The lowest BCUT2D eigenvalue weighted by atomic mass is 10.2. The van der Waals surface area contributed by atoms with Gasteiger partial charge in [-0.2, -0.15) is 12.7 Å². The SMILES string of the molecule is O=S(=O)(NCC(Br)c1ccccc1)N1CCCCC1. The van der Waals surface area contributed by atoms with Crippen LogP contribution in [-0.4, -0.2) is 32.4 Å². The number of nitrogens with one attached hydrogen (secondary N) is 1. The van der Waals surface area contributed by atoms with E-state index < -0.39 is 10.2 Å². The predicted molar refractivity (Wildman–Crippen MR) is 80.5 cm³/mol. The Morgan fingerprint density at radius 3 is 2.42 bits per heavy atom. The van der Waals surface area contributed by atoms with Crippen LogP contribution >= 0.6 is 15.9 Å². The molecule has 0 saturated carbocycles. The van der Waals surface area contributed by atoms with Crippen LogP contribution in [-0.2, 0) is 10.2 Å². The van der Waals surface area contributed by atoms with Crippen LogP contribution in [0.1, 0.15) is 29.7 Å². The molecule has 0 amide bonds. The first-order valence-corrected chi connectivity index (χ1v) is 8.89. The summed E-state index contributed by atoms with van der Waals surface area (Å²) in [6, 6.07) is 9.80. The van der Waals surface area contributed by atoms with Crippen LogP contribution in [0.4, 0.5) is 0 Å². The average molecular weight is 347 g/mol.